The number of amides is 1. The van der Waals surface area contributed by atoms with Gasteiger partial charge in [0.15, 0.2) is 0 Å². The maximum Gasteiger partial charge on any atom is 0.289 e. The molecule has 104 valence electrons. The van der Waals surface area contributed by atoms with E-state index in [-0.39, 0.29) is 5.91 Å². The monoisotopic (exact) mass is 270 g/mol. The molecule has 0 aliphatic heterocycles. The summed E-state index contributed by atoms with van der Waals surface area (Å²) >= 11 is 0. The maximum absolute atomic E-state index is 11.7. The summed E-state index contributed by atoms with van der Waals surface area (Å²) in [5.74, 6) is -0.318. The number of carbonyl (C=O) groups excluding carboxylic acids is 1. The third-order valence-electron chi connectivity index (χ3n) is 2.90. The van der Waals surface area contributed by atoms with E-state index in [4.69, 9.17) is 0 Å². The van der Waals surface area contributed by atoms with Gasteiger partial charge in [0.25, 0.3) is 5.91 Å². The highest BCUT2D eigenvalue weighted by Crippen LogP contribution is 2.12. The van der Waals surface area contributed by atoms with Crippen LogP contribution in [0.15, 0.2) is 41.8 Å². The third-order valence-corrected chi connectivity index (χ3v) is 2.90. The molecule has 0 radical (unpaired) electrons. The molecule has 0 atom stereocenters. The first kappa shape index (κ1) is 14.0. The van der Waals surface area contributed by atoms with Gasteiger partial charge in [0.1, 0.15) is 5.69 Å². The lowest BCUT2D eigenvalue weighted by Gasteiger charge is -2.08. The van der Waals surface area contributed by atoms with Gasteiger partial charge in [-0.3, -0.25) is 9.78 Å². The van der Waals surface area contributed by atoms with Crippen LogP contribution in [-0.4, -0.2) is 21.7 Å². The lowest BCUT2D eigenvalue weighted by molar-refractivity contribution is 0.0950. The first-order valence-electron chi connectivity index (χ1n) is 6.51. The van der Waals surface area contributed by atoms with Crippen LogP contribution in [0.2, 0.25) is 0 Å². The predicted molar refractivity (Wildman–Crippen MR) is 78.9 cm³/mol. The molecule has 5 nitrogen and oxygen atoms in total. The third kappa shape index (κ3) is 3.32. The van der Waals surface area contributed by atoms with Gasteiger partial charge in [0, 0.05) is 29.7 Å². The average molecular weight is 270 g/mol. The molecular weight excluding hydrogens is 252 g/mol. The Labute approximate surface area is 118 Å². The van der Waals surface area contributed by atoms with E-state index in [1.54, 1.807) is 30.6 Å². The van der Waals surface area contributed by atoms with Gasteiger partial charge in [-0.1, -0.05) is 6.07 Å². The Morgan fingerprint density at radius 3 is 2.85 bits per heavy atom. The van der Waals surface area contributed by atoms with E-state index < -0.39 is 0 Å². The van der Waals surface area contributed by atoms with Crippen molar-refractivity contribution in [2.75, 3.05) is 0 Å². The normalized spacial score (nSPS) is 11.2. The number of pyridine rings is 1. The van der Waals surface area contributed by atoms with Gasteiger partial charge in [-0.2, -0.15) is 5.10 Å². The number of aromatic nitrogens is 2. The van der Waals surface area contributed by atoms with E-state index in [1.807, 2.05) is 19.2 Å². The quantitative estimate of drug-likeness (QED) is 0.685. The van der Waals surface area contributed by atoms with E-state index >= 15 is 0 Å². The molecule has 0 bridgehead atoms. The van der Waals surface area contributed by atoms with Crippen molar-refractivity contribution in [3.05, 3.63) is 53.6 Å². The Kier molecular flexibility index (Phi) is 4.30. The average Bonchev–Trinajstić information content (AvgIpc) is 2.81. The van der Waals surface area contributed by atoms with Gasteiger partial charge >= 0.3 is 0 Å². The van der Waals surface area contributed by atoms with Crippen molar-refractivity contribution in [1.29, 1.82) is 0 Å². The molecule has 0 fully saturated rings. The lowest BCUT2D eigenvalue weighted by atomic mass is 10.3. The highest BCUT2D eigenvalue weighted by atomic mass is 16.2. The Morgan fingerprint density at radius 2 is 2.25 bits per heavy atom. The van der Waals surface area contributed by atoms with E-state index in [1.165, 1.54) is 0 Å². The molecule has 0 saturated heterocycles. The van der Waals surface area contributed by atoms with Crippen molar-refractivity contribution in [1.82, 2.24) is 15.0 Å². The summed E-state index contributed by atoms with van der Waals surface area (Å²) in [7, 11) is 0. The van der Waals surface area contributed by atoms with Crippen molar-refractivity contribution in [3.8, 4) is 0 Å². The van der Waals surface area contributed by atoms with Crippen LogP contribution >= 0.6 is 0 Å². The largest absolute Gasteiger partial charge is 0.349 e. The molecule has 2 heterocycles. The fraction of sp³-hybridized carbons (Fsp3) is 0.267. The number of hydrazone groups is 1. The summed E-state index contributed by atoms with van der Waals surface area (Å²) in [5.41, 5.74) is 4.93. The summed E-state index contributed by atoms with van der Waals surface area (Å²) in [6.07, 6.45) is 5.22. The summed E-state index contributed by atoms with van der Waals surface area (Å²) in [6.45, 7) is 6.29. The molecule has 1 amide bonds. The minimum atomic E-state index is -0.318. The van der Waals surface area contributed by atoms with Gasteiger partial charge < -0.3 is 4.57 Å². The molecule has 0 unspecified atom stereocenters. The standard InChI is InChI=1S/C15H18N4O/c1-11(2)19-10-13(8-12(19)3)9-17-18-15(20)14-6-4-5-7-16-14/h4-11H,1-3H3,(H,18,20)/b17-9-. The molecule has 2 rings (SSSR count). The summed E-state index contributed by atoms with van der Waals surface area (Å²) in [6, 6.07) is 7.59. The summed E-state index contributed by atoms with van der Waals surface area (Å²) < 4.78 is 2.15. The maximum atomic E-state index is 11.7. The Balaban J connectivity index is 2.00. The number of carbonyl (C=O) groups is 1. The van der Waals surface area contributed by atoms with Crippen LogP contribution in [0.25, 0.3) is 0 Å². The van der Waals surface area contributed by atoms with E-state index in [0.717, 1.165) is 11.3 Å². The number of hydrogen-bond acceptors (Lipinski definition) is 3. The van der Waals surface area contributed by atoms with Crippen LogP contribution in [0, 0.1) is 6.92 Å². The Hall–Kier alpha value is -2.43. The molecule has 0 saturated carbocycles. The van der Waals surface area contributed by atoms with Crippen molar-refractivity contribution < 1.29 is 4.79 Å². The van der Waals surface area contributed by atoms with Crippen LogP contribution in [0.4, 0.5) is 0 Å². The van der Waals surface area contributed by atoms with E-state index in [9.17, 15) is 4.79 Å². The lowest BCUT2D eigenvalue weighted by Crippen LogP contribution is -2.18. The molecule has 1 N–H and O–H groups in total. The van der Waals surface area contributed by atoms with Crippen molar-refractivity contribution in [2.24, 2.45) is 5.10 Å². The molecule has 0 aliphatic carbocycles. The minimum Gasteiger partial charge on any atom is -0.349 e. The van der Waals surface area contributed by atoms with Crippen LogP contribution in [0.5, 0.6) is 0 Å². The highest BCUT2D eigenvalue weighted by Gasteiger charge is 2.05. The van der Waals surface area contributed by atoms with Crippen molar-refractivity contribution in [3.63, 3.8) is 0 Å². The predicted octanol–water partition coefficient (Wildman–Crippen LogP) is 2.54. The first-order chi connectivity index (χ1) is 9.58. The number of hydrogen-bond donors (Lipinski definition) is 1. The number of aryl methyl sites for hydroxylation is 1. The fourth-order valence-corrected chi connectivity index (χ4v) is 1.96. The topological polar surface area (TPSA) is 59.3 Å². The minimum absolute atomic E-state index is 0.318. The zero-order valence-electron chi connectivity index (χ0n) is 11.9. The SMILES string of the molecule is Cc1cc(/C=N\NC(=O)c2ccccn2)cn1C(C)C. The van der Waals surface area contributed by atoms with Crippen molar-refractivity contribution >= 4 is 12.1 Å². The fourth-order valence-electron chi connectivity index (χ4n) is 1.96. The van der Waals surface area contributed by atoms with E-state index in [2.05, 4.69) is 33.9 Å². The number of rotatable bonds is 4. The zero-order chi connectivity index (χ0) is 14.5. The van der Waals surface area contributed by atoms with Crippen molar-refractivity contribution in [2.45, 2.75) is 26.8 Å². The van der Waals surface area contributed by atoms with Crippen LogP contribution < -0.4 is 5.43 Å². The molecule has 20 heavy (non-hydrogen) atoms. The highest BCUT2D eigenvalue weighted by molar-refractivity contribution is 5.93. The molecule has 2 aromatic rings. The summed E-state index contributed by atoms with van der Waals surface area (Å²) in [4.78, 5) is 15.7. The van der Waals surface area contributed by atoms with Gasteiger partial charge in [-0.05, 0) is 39.0 Å². The van der Waals surface area contributed by atoms with Crippen LogP contribution in [-0.2, 0) is 0 Å². The van der Waals surface area contributed by atoms with Gasteiger partial charge in [-0.25, -0.2) is 5.43 Å². The smallest absolute Gasteiger partial charge is 0.289 e. The Morgan fingerprint density at radius 1 is 1.45 bits per heavy atom. The molecule has 0 aromatic carbocycles. The van der Waals surface area contributed by atoms with Gasteiger partial charge in [-0.15, -0.1) is 0 Å². The van der Waals surface area contributed by atoms with Gasteiger partial charge in [0.05, 0.1) is 6.21 Å². The first-order valence-corrected chi connectivity index (χ1v) is 6.51. The van der Waals surface area contributed by atoms with E-state index in [0.29, 0.717) is 11.7 Å². The number of nitrogens with zero attached hydrogens (tertiary/aromatic N) is 3. The second-order valence-electron chi connectivity index (χ2n) is 4.83. The van der Waals surface area contributed by atoms with Crippen LogP contribution in [0.3, 0.4) is 0 Å². The Bertz CT molecular complexity index is 614. The number of nitrogens with one attached hydrogen (secondary N) is 1. The molecular formula is C15H18N4O. The molecule has 2 aromatic heterocycles. The second kappa shape index (κ2) is 6.14. The molecule has 0 spiro atoms. The second-order valence-corrected chi connectivity index (χ2v) is 4.83. The molecule has 5 heteroatoms. The zero-order valence-corrected chi connectivity index (χ0v) is 11.9. The summed E-state index contributed by atoms with van der Waals surface area (Å²) in [5, 5.41) is 3.95. The van der Waals surface area contributed by atoms with Gasteiger partial charge in [0.2, 0.25) is 0 Å². The molecule has 0 aliphatic rings. The van der Waals surface area contributed by atoms with Crippen LogP contribution in [0.1, 0.15) is 41.6 Å².